The van der Waals surface area contributed by atoms with E-state index < -0.39 is 0 Å². The van der Waals surface area contributed by atoms with Crippen molar-refractivity contribution in [3.8, 4) is 0 Å². The summed E-state index contributed by atoms with van der Waals surface area (Å²) < 4.78 is 13.4. The first-order valence-corrected chi connectivity index (χ1v) is 5.92. The molecule has 1 aliphatic heterocycles. The van der Waals surface area contributed by atoms with Crippen LogP contribution in [0.5, 0.6) is 0 Å². The van der Waals surface area contributed by atoms with Gasteiger partial charge in [-0.1, -0.05) is 18.2 Å². The van der Waals surface area contributed by atoms with E-state index in [4.69, 9.17) is 0 Å². The Labute approximate surface area is 101 Å². The molecule has 4 heteroatoms. The smallest absolute Gasteiger partial charge is 0.227 e. The van der Waals surface area contributed by atoms with Gasteiger partial charge in [0.15, 0.2) is 0 Å². The molecule has 0 saturated carbocycles. The number of nitrogens with one attached hydrogen (secondary N) is 1. The summed E-state index contributed by atoms with van der Waals surface area (Å²) in [6, 6.07) is 6.64. The minimum Gasteiger partial charge on any atom is -0.337 e. The third kappa shape index (κ3) is 2.82. The Morgan fingerprint density at radius 2 is 2.29 bits per heavy atom. The first-order valence-electron chi connectivity index (χ1n) is 5.92. The van der Waals surface area contributed by atoms with E-state index in [2.05, 4.69) is 5.32 Å². The molecule has 0 spiro atoms. The normalized spacial score (nSPS) is 20.4. The molecule has 0 unspecified atom stereocenters. The van der Waals surface area contributed by atoms with Crippen LogP contribution in [0.25, 0.3) is 0 Å². The van der Waals surface area contributed by atoms with Crippen LogP contribution in [0.3, 0.4) is 0 Å². The lowest BCUT2D eigenvalue weighted by molar-refractivity contribution is -0.133. The van der Waals surface area contributed by atoms with Gasteiger partial charge in [0.1, 0.15) is 5.82 Å². The first-order chi connectivity index (χ1) is 8.18. The minimum absolute atomic E-state index is 0.00380. The van der Waals surface area contributed by atoms with Gasteiger partial charge in [0.05, 0.1) is 6.42 Å². The Morgan fingerprint density at radius 1 is 1.53 bits per heavy atom. The van der Waals surface area contributed by atoms with Crippen molar-refractivity contribution in [1.29, 1.82) is 0 Å². The van der Waals surface area contributed by atoms with Crippen LogP contribution in [0.4, 0.5) is 4.39 Å². The zero-order valence-corrected chi connectivity index (χ0v) is 9.95. The van der Waals surface area contributed by atoms with E-state index in [0.717, 1.165) is 13.1 Å². The lowest BCUT2D eigenvalue weighted by atomic mass is 10.1. The third-order valence-corrected chi connectivity index (χ3v) is 3.12. The lowest BCUT2D eigenvalue weighted by Crippen LogP contribution is -2.52. The van der Waals surface area contributed by atoms with Crippen LogP contribution in [0, 0.1) is 5.82 Å². The number of piperazine rings is 1. The zero-order valence-electron chi connectivity index (χ0n) is 9.95. The largest absolute Gasteiger partial charge is 0.337 e. The molecule has 0 aromatic heterocycles. The quantitative estimate of drug-likeness (QED) is 0.836. The van der Waals surface area contributed by atoms with Crippen molar-refractivity contribution < 1.29 is 9.18 Å². The molecule has 92 valence electrons. The van der Waals surface area contributed by atoms with Crippen LogP contribution in [-0.2, 0) is 11.2 Å². The van der Waals surface area contributed by atoms with Crippen LogP contribution in [0.15, 0.2) is 24.3 Å². The van der Waals surface area contributed by atoms with Gasteiger partial charge >= 0.3 is 0 Å². The fraction of sp³-hybridized carbons (Fsp3) is 0.462. The molecule has 0 bridgehead atoms. The maximum absolute atomic E-state index is 13.4. The number of carbonyl (C=O) groups excluding carboxylic acids is 1. The number of rotatable bonds is 2. The second kappa shape index (κ2) is 5.27. The van der Waals surface area contributed by atoms with Crippen molar-refractivity contribution in [2.24, 2.45) is 0 Å². The van der Waals surface area contributed by atoms with E-state index in [0.29, 0.717) is 12.1 Å². The standard InChI is InChI=1S/C13H17FN2O/c1-10-9-15-6-7-16(10)13(17)8-11-4-2-3-5-12(11)14/h2-5,10,15H,6-9H2,1H3/t10-/m1/s1. The lowest BCUT2D eigenvalue weighted by Gasteiger charge is -2.34. The van der Waals surface area contributed by atoms with Gasteiger partial charge in [-0.05, 0) is 18.6 Å². The average molecular weight is 236 g/mol. The first kappa shape index (κ1) is 12.0. The van der Waals surface area contributed by atoms with Gasteiger partial charge in [-0.3, -0.25) is 4.79 Å². The summed E-state index contributed by atoms with van der Waals surface area (Å²) in [6.07, 6.45) is 0.150. The van der Waals surface area contributed by atoms with E-state index in [9.17, 15) is 9.18 Å². The zero-order chi connectivity index (χ0) is 12.3. The van der Waals surface area contributed by atoms with Gasteiger partial charge < -0.3 is 10.2 Å². The van der Waals surface area contributed by atoms with Crippen molar-refractivity contribution in [2.75, 3.05) is 19.6 Å². The Bertz CT molecular complexity index is 408. The summed E-state index contributed by atoms with van der Waals surface area (Å²) in [4.78, 5) is 13.9. The fourth-order valence-electron chi connectivity index (χ4n) is 2.12. The number of nitrogens with zero attached hydrogens (tertiary/aromatic N) is 1. The Hall–Kier alpha value is -1.42. The topological polar surface area (TPSA) is 32.3 Å². The van der Waals surface area contributed by atoms with E-state index in [1.54, 1.807) is 18.2 Å². The molecule has 1 fully saturated rings. The summed E-state index contributed by atoms with van der Waals surface area (Å²) in [5, 5.41) is 3.23. The highest BCUT2D eigenvalue weighted by Crippen LogP contribution is 2.11. The molecule has 2 rings (SSSR count). The number of hydrogen-bond donors (Lipinski definition) is 1. The highest BCUT2D eigenvalue weighted by molar-refractivity contribution is 5.79. The monoisotopic (exact) mass is 236 g/mol. The van der Waals surface area contributed by atoms with Crippen molar-refractivity contribution in [3.63, 3.8) is 0 Å². The van der Waals surface area contributed by atoms with E-state index in [1.807, 2.05) is 11.8 Å². The summed E-state index contributed by atoms with van der Waals surface area (Å²) in [5.41, 5.74) is 0.475. The van der Waals surface area contributed by atoms with Crippen molar-refractivity contribution >= 4 is 5.91 Å². The van der Waals surface area contributed by atoms with Crippen molar-refractivity contribution in [3.05, 3.63) is 35.6 Å². The molecule has 17 heavy (non-hydrogen) atoms. The molecule has 0 aliphatic carbocycles. The van der Waals surface area contributed by atoms with Crippen molar-refractivity contribution in [2.45, 2.75) is 19.4 Å². The van der Waals surface area contributed by atoms with E-state index in [-0.39, 0.29) is 24.2 Å². The maximum atomic E-state index is 13.4. The summed E-state index contributed by atoms with van der Waals surface area (Å²) >= 11 is 0. The summed E-state index contributed by atoms with van der Waals surface area (Å²) in [6.45, 7) is 4.33. The Morgan fingerprint density at radius 3 is 3.00 bits per heavy atom. The minimum atomic E-state index is -0.302. The molecule has 1 heterocycles. The molecule has 0 radical (unpaired) electrons. The predicted molar refractivity (Wildman–Crippen MR) is 64.1 cm³/mol. The number of carbonyl (C=O) groups is 1. The van der Waals surface area contributed by atoms with Gasteiger partial charge in [-0.25, -0.2) is 4.39 Å². The highest BCUT2D eigenvalue weighted by atomic mass is 19.1. The van der Waals surface area contributed by atoms with Crippen LogP contribution in [-0.4, -0.2) is 36.5 Å². The van der Waals surface area contributed by atoms with Crippen LogP contribution < -0.4 is 5.32 Å². The average Bonchev–Trinajstić information content (AvgIpc) is 2.32. The summed E-state index contributed by atoms with van der Waals surface area (Å²) in [7, 11) is 0. The molecule has 1 atom stereocenters. The van der Waals surface area contributed by atoms with Gasteiger partial charge in [0, 0.05) is 25.7 Å². The molecule has 1 aliphatic rings. The number of halogens is 1. The van der Waals surface area contributed by atoms with Crippen molar-refractivity contribution in [1.82, 2.24) is 10.2 Å². The molecule has 1 saturated heterocycles. The maximum Gasteiger partial charge on any atom is 0.227 e. The Balaban J connectivity index is 2.03. The van der Waals surface area contributed by atoms with Crippen LogP contribution in [0.1, 0.15) is 12.5 Å². The van der Waals surface area contributed by atoms with Gasteiger partial charge in [-0.2, -0.15) is 0 Å². The van der Waals surface area contributed by atoms with E-state index >= 15 is 0 Å². The second-order valence-corrected chi connectivity index (χ2v) is 4.41. The van der Waals surface area contributed by atoms with Gasteiger partial charge in [0.2, 0.25) is 5.91 Å². The third-order valence-electron chi connectivity index (χ3n) is 3.12. The molecule has 1 aromatic carbocycles. The molecular formula is C13H17FN2O. The predicted octanol–water partition coefficient (Wildman–Crippen LogP) is 1.19. The molecular weight excluding hydrogens is 219 g/mol. The molecule has 1 aromatic rings. The van der Waals surface area contributed by atoms with Crippen LogP contribution in [0.2, 0.25) is 0 Å². The molecule has 1 amide bonds. The SMILES string of the molecule is C[C@@H]1CNCCN1C(=O)Cc1ccccc1F. The van der Waals surface area contributed by atoms with Crippen LogP contribution >= 0.6 is 0 Å². The Kier molecular flexibility index (Phi) is 3.74. The van der Waals surface area contributed by atoms with Gasteiger partial charge in [-0.15, -0.1) is 0 Å². The number of benzene rings is 1. The molecule has 1 N–H and O–H groups in total. The number of amides is 1. The molecule has 3 nitrogen and oxygen atoms in total. The van der Waals surface area contributed by atoms with Gasteiger partial charge in [0.25, 0.3) is 0 Å². The summed E-state index contributed by atoms with van der Waals surface area (Å²) in [5.74, 6) is -0.298. The second-order valence-electron chi connectivity index (χ2n) is 4.41. The number of hydrogen-bond acceptors (Lipinski definition) is 2. The van der Waals surface area contributed by atoms with E-state index in [1.165, 1.54) is 6.07 Å². The highest BCUT2D eigenvalue weighted by Gasteiger charge is 2.23. The fourth-order valence-corrected chi connectivity index (χ4v) is 2.12.